The number of methoxy groups -OCH3 is 1. The van der Waals surface area contributed by atoms with Crippen LogP contribution >= 0.6 is 0 Å². The van der Waals surface area contributed by atoms with Gasteiger partial charge < -0.3 is 18.6 Å². The number of ether oxygens (including phenoxy) is 3. The standard InChI is InChI=1S/C21H20O6/c1-14-18(26-13-20(23)25-11-10-24-2)9-8-16-17(12-19(22)27-21(14)16)15-6-4-3-5-7-15/h3-9,12H,10-11,13H2,1-2H3. The Morgan fingerprint density at radius 3 is 2.59 bits per heavy atom. The highest BCUT2D eigenvalue weighted by Gasteiger charge is 2.14. The molecule has 0 saturated carbocycles. The zero-order chi connectivity index (χ0) is 19.2. The van der Waals surface area contributed by atoms with Crippen LogP contribution in [0.15, 0.2) is 57.7 Å². The van der Waals surface area contributed by atoms with Crippen LogP contribution in [-0.4, -0.2) is 32.9 Å². The van der Waals surface area contributed by atoms with E-state index < -0.39 is 11.6 Å². The van der Waals surface area contributed by atoms with Crippen molar-refractivity contribution in [1.29, 1.82) is 0 Å². The number of benzene rings is 2. The molecule has 6 nitrogen and oxygen atoms in total. The molecule has 0 atom stereocenters. The van der Waals surface area contributed by atoms with Crippen molar-refractivity contribution in [3.05, 3.63) is 64.5 Å². The number of rotatable bonds is 7. The van der Waals surface area contributed by atoms with Gasteiger partial charge in [-0.25, -0.2) is 9.59 Å². The predicted molar refractivity (Wildman–Crippen MR) is 101 cm³/mol. The topological polar surface area (TPSA) is 75.0 Å². The van der Waals surface area contributed by atoms with E-state index in [0.29, 0.717) is 23.5 Å². The summed E-state index contributed by atoms with van der Waals surface area (Å²) in [5.74, 6) is -0.0365. The molecule has 6 heteroatoms. The lowest BCUT2D eigenvalue weighted by Crippen LogP contribution is -2.17. The fraction of sp³-hybridized carbons (Fsp3) is 0.238. The summed E-state index contributed by atoms with van der Waals surface area (Å²) >= 11 is 0. The van der Waals surface area contributed by atoms with Crippen LogP contribution in [0.5, 0.6) is 5.75 Å². The van der Waals surface area contributed by atoms with Crippen molar-refractivity contribution in [3.63, 3.8) is 0 Å². The molecule has 0 bridgehead atoms. The van der Waals surface area contributed by atoms with Crippen LogP contribution in [0.4, 0.5) is 0 Å². The van der Waals surface area contributed by atoms with Crippen molar-refractivity contribution >= 4 is 16.9 Å². The van der Waals surface area contributed by atoms with E-state index in [1.807, 2.05) is 36.4 Å². The monoisotopic (exact) mass is 368 g/mol. The molecule has 0 spiro atoms. The van der Waals surface area contributed by atoms with E-state index in [1.165, 1.54) is 13.2 Å². The first-order valence-corrected chi connectivity index (χ1v) is 8.50. The summed E-state index contributed by atoms with van der Waals surface area (Å²) in [6.07, 6.45) is 0. The molecule has 0 aliphatic rings. The zero-order valence-electron chi connectivity index (χ0n) is 15.2. The molecule has 3 aromatic rings. The normalized spacial score (nSPS) is 10.7. The van der Waals surface area contributed by atoms with Gasteiger partial charge in [-0.3, -0.25) is 0 Å². The molecule has 140 valence electrons. The first kappa shape index (κ1) is 18.7. The Morgan fingerprint density at radius 1 is 1.07 bits per heavy atom. The van der Waals surface area contributed by atoms with E-state index in [0.717, 1.165) is 16.5 Å². The minimum Gasteiger partial charge on any atom is -0.481 e. The van der Waals surface area contributed by atoms with E-state index in [2.05, 4.69) is 0 Å². The molecule has 0 fully saturated rings. The maximum absolute atomic E-state index is 12.1. The summed E-state index contributed by atoms with van der Waals surface area (Å²) in [6, 6.07) is 14.7. The highest BCUT2D eigenvalue weighted by molar-refractivity contribution is 5.95. The molecule has 0 saturated heterocycles. The van der Waals surface area contributed by atoms with Crippen LogP contribution in [-0.2, 0) is 14.3 Å². The van der Waals surface area contributed by atoms with Gasteiger partial charge >= 0.3 is 11.6 Å². The van der Waals surface area contributed by atoms with E-state index in [1.54, 1.807) is 13.0 Å². The zero-order valence-corrected chi connectivity index (χ0v) is 15.2. The fourth-order valence-corrected chi connectivity index (χ4v) is 2.77. The molecule has 27 heavy (non-hydrogen) atoms. The number of hydrogen-bond donors (Lipinski definition) is 0. The smallest absolute Gasteiger partial charge is 0.344 e. The Labute approximate surface area is 156 Å². The van der Waals surface area contributed by atoms with E-state index in [9.17, 15) is 9.59 Å². The van der Waals surface area contributed by atoms with Gasteiger partial charge in [-0.15, -0.1) is 0 Å². The Bertz CT molecular complexity index is 991. The first-order chi connectivity index (χ1) is 13.1. The highest BCUT2D eigenvalue weighted by Crippen LogP contribution is 2.32. The fourth-order valence-electron chi connectivity index (χ4n) is 2.77. The molecule has 0 aliphatic carbocycles. The number of hydrogen-bond acceptors (Lipinski definition) is 6. The Morgan fingerprint density at radius 2 is 1.85 bits per heavy atom. The molecule has 1 heterocycles. The Kier molecular flexibility index (Phi) is 5.88. The van der Waals surface area contributed by atoms with Crippen molar-refractivity contribution in [2.24, 2.45) is 0 Å². The van der Waals surface area contributed by atoms with Gasteiger partial charge in [0.1, 0.15) is 17.9 Å². The number of aryl methyl sites for hydroxylation is 1. The molecule has 0 N–H and O–H groups in total. The van der Waals surface area contributed by atoms with Crippen LogP contribution in [0.2, 0.25) is 0 Å². The van der Waals surface area contributed by atoms with E-state index in [-0.39, 0.29) is 13.2 Å². The van der Waals surface area contributed by atoms with E-state index in [4.69, 9.17) is 18.6 Å². The van der Waals surface area contributed by atoms with Crippen molar-refractivity contribution in [3.8, 4) is 16.9 Å². The van der Waals surface area contributed by atoms with Crippen molar-refractivity contribution in [1.82, 2.24) is 0 Å². The molecule has 3 rings (SSSR count). The van der Waals surface area contributed by atoms with Gasteiger partial charge in [0, 0.05) is 24.1 Å². The number of esters is 1. The van der Waals surface area contributed by atoms with Crippen molar-refractivity contribution in [2.75, 3.05) is 26.9 Å². The maximum Gasteiger partial charge on any atom is 0.344 e. The summed E-state index contributed by atoms with van der Waals surface area (Å²) in [5.41, 5.74) is 2.35. The second kappa shape index (κ2) is 8.51. The Balaban J connectivity index is 1.89. The average molecular weight is 368 g/mol. The molecular weight excluding hydrogens is 348 g/mol. The lowest BCUT2D eigenvalue weighted by molar-refractivity contribution is -0.147. The quantitative estimate of drug-likeness (QED) is 0.362. The Hall–Kier alpha value is -3.12. The van der Waals surface area contributed by atoms with Gasteiger partial charge in [-0.2, -0.15) is 0 Å². The van der Waals surface area contributed by atoms with Gasteiger partial charge in [-0.05, 0) is 30.2 Å². The summed E-state index contributed by atoms with van der Waals surface area (Å²) in [5, 5.41) is 0.799. The van der Waals surface area contributed by atoms with Gasteiger partial charge in [-0.1, -0.05) is 30.3 Å². The maximum atomic E-state index is 12.1. The van der Waals surface area contributed by atoms with Gasteiger partial charge in [0.25, 0.3) is 0 Å². The summed E-state index contributed by atoms with van der Waals surface area (Å²) in [6.45, 7) is 2.04. The van der Waals surface area contributed by atoms with Gasteiger partial charge in [0.2, 0.25) is 0 Å². The van der Waals surface area contributed by atoms with Crippen LogP contribution in [0.25, 0.3) is 22.1 Å². The summed E-state index contributed by atoms with van der Waals surface area (Å²) in [7, 11) is 1.53. The third-order valence-corrected chi connectivity index (χ3v) is 4.09. The third kappa shape index (κ3) is 4.35. The van der Waals surface area contributed by atoms with Crippen molar-refractivity contribution in [2.45, 2.75) is 6.92 Å². The lowest BCUT2D eigenvalue weighted by atomic mass is 10.0. The SMILES string of the molecule is COCCOC(=O)COc1ccc2c(-c3ccccc3)cc(=O)oc2c1C. The average Bonchev–Trinajstić information content (AvgIpc) is 2.68. The largest absolute Gasteiger partial charge is 0.481 e. The minimum atomic E-state index is -0.494. The molecule has 2 aromatic carbocycles. The highest BCUT2D eigenvalue weighted by atomic mass is 16.6. The molecule has 0 radical (unpaired) electrons. The molecule has 0 aliphatic heterocycles. The molecular formula is C21H20O6. The van der Waals surface area contributed by atoms with Crippen LogP contribution in [0.3, 0.4) is 0 Å². The van der Waals surface area contributed by atoms with E-state index >= 15 is 0 Å². The number of carbonyl (C=O) groups excluding carboxylic acids is 1. The number of fused-ring (bicyclic) bond motifs is 1. The van der Waals surface area contributed by atoms with Crippen LogP contribution < -0.4 is 10.4 Å². The molecule has 0 unspecified atom stereocenters. The number of carbonyl (C=O) groups is 1. The van der Waals surface area contributed by atoms with Crippen LogP contribution in [0.1, 0.15) is 5.56 Å². The second-order valence-corrected chi connectivity index (χ2v) is 5.91. The van der Waals surface area contributed by atoms with Gasteiger partial charge in [0.15, 0.2) is 6.61 Å². The first-order valence-electron chi connectivity index (χ1n) is 8.50. The summed E-state index contributed by atoms with van der Waals surface area (Å²) < 4.78 is 20.7. The molecule has 1 aromatic heterocycles. The second-order valence-electron chi connectivity index (χ2n) is 5.91. The molecule has 0 amide bonds. The van der Waals surface area contributed by atoms with Crippen molar-refractivity contribution < 1.29 is 23.4 Å². The third-order valence-electron chi connectivity index (χ3n) is 4.09. The lowest BCUT2D eigenvalue weighted by Gasteiger charge is -2.12. The predicted octanol–water partition coefficient (Wildman–Crippen LogP) is 3.34. The van der Waals surface area contributed by atoms with Crippen LogP contribution in [0, 0.1) is 6.92 Å². The summed E-state index contributed by atoms with van der Waals surface area (Å²) in [4.78, 5) is 23.7. The minimum absolute atomic E-state index is 0.171. The van der Waals surface area contributed by atoms with Gasteiger partial charge in [0.05, 0.1) is 6.61 Å².